The highest BCUT2D eigenvalue weighted by Gasteiger charge is 2.05. The van der Waals surface area contributed by atoms with Crippen LogP contribution >= 0.6 is 0 Å². The van der Waals surface area contributed by atoms with E-state index in [2.05, 4.69) is 0 Å². The summed E-state index contributed by atoms with van der Waals surface area (Å²) in [6, 6.07) is 1.19. The summed E-state index contributed by atoms with van der Waals surface area (Å²) in [5.41, 5.74) is 4.81. The summed E-state index contributed by atoms with van der Waals surface area (Å²) >= 11 is 0. The Morgan fingerprint density at radius 3 is 2.45 bits per heavy atom. The molecule has 0 amide bonds. The molecule has 4 heteroatoms. The maximum atomic E-state index is 12.4. The lowest BCUT2D eigenvalue weighted by Gasteiger charge is -1.95. The van der Waals surface area contributed by atoms with E-state index in [9.17, 15) is 13.6 Å². The van der Waals surface area contributed by atoms with Crippen molar-refractivity contribution in [2.75, 3.05) is 5.73 Å². The number of halogens is 2. The van der Waals surface area contributed by atoms with Crippen molar-refractivity contribution in [2.45, 2.75) is 0 Å². The molecule has 1 aromatic carbocycles. The quantitative estimate of drug-likeness (QED) is 0.496. The van der Waals surface area contributed by atoms with E-state index in [1.807, 2.05) is 0 Å². The second-order valence-corrected chi connectivity index (χ2v) is 2.05. The van der Waals surface area contributed by atoms with Gasteiger partial charge < -0.3 is 5.73 Å². The standard InChI is InChI=1S/C7H5F2NO/c8-5-1-4(7(9)11)2-6(10)3-5/h1-3H,10H2. The first-order valence-corrected chi connectivity index (χ1v) is 2.85. The van der Waals surface area contributed by atoms with E-state index >= 15 is 0 Å². The SMILES string of the molecule is Nc1cc(F)cc(C(=O)F)c1. The number of anilines is 1. The van der Waals surface area contributed by atoms with Crippen LogP contribution in [0.15, 0.2) is 18.2 Å². The summed E-state index contributed by atoms with van der Waals surface area (Å²) in [5, 5.41) is 0. The average molecular weight is 157 g/mol. The van der Waals surface area contributed by atoms with Crippen molar-refractivity contribution in [3.63, 3.8) is 0 Å². The van der Waals surface area contributed by atoms with E-state index in [-0.39, 0.29) is 11.3 Å². The minimum Gasteiger partial charge on any atom is -0.399 e. The van der Waals surface area contributed by atoms with Crippen LogP contribution in [0.4, 0.5) is 14.5 Å². The number of carbonyl (C=O) groups is 1. The Labute approximate surface area is 61.6 Å². The molecular formula is C7H5F2NO. The van der Waals surface area contributed by atoms with E-state index in [4.69, 9.17) is 5.73 Å². The van der Waals surface area contributed by atoms with Crippen LogP contribution < -0.4 is 5.73 Å². The number of hydrogen-bond donors (Lipinski definition) is 1. The molecule has 0 fully saturated rings. The highest BCUT2D eigenvalue weighted by molar-refractivity contribution is 5.89. The maximum Gasteiger partial charge on any atom is 0.332 e. The van der Waals surface area contributed by atoms with Gasteiger partial charge in [-0.3, -0.25) is 4.79 Å². The highest BCUT2D eigenvalue weighted by atomic mass is 19.1. The van der Waals surface area contributed by atoms with Crippen molar-refractivity contribution >= 4 is 11.7 Å². The Kier molecular flexibility index (Phi) is 1.85. The third kappa shape index (κ3) is 1.73. The molecule has 11 heavy (non-hydrogen) atoms. The summed E-state index contributed by atoms with van der Waals surface area (Å²) in [6.07, 6.45) is 0. The van der Waals surface area contributed by atoms with E-state index in [1.165, 1.54) is 0 Å². The third-order valence-electron chi connectivity index (χ3n) is 1.15. The molecule has 0 bridgehead atoms. The Morgan fingerprint density at radius 2 is 2.00 bits per heavy atom. The van der Waals surface area contributed by atoms with Gasteiger partial charge in [0.2, 0.25) is 0 Å². The molecule has 2 nitrogen and oxygen atoms in total. The molecule has 0 saturated heterocycles. The molecule has 0 aliphatic carbocycles. The first-order chi connectivity index (χ1) is 5.09. The molecule has 1 rings (SSSR count). The number of hydrogen-bond acceptors (Lipinski definition) is 2. The summed E-state index contributed by atoms with van der Waals surface area (Å²) in [4.78, 5) is 10.1. The summed E-state index contributed by atoms with van der Waals surface area (Å²) in [6.45, 7) is 0. The fraction of sp³-hybridized carbons (Fsp3) is 0. The summed E-state index contributed by atoms with van der Waals surface area (Å²) in [5.74, 6) is -0.717. The molecule has 0 heterocycles. The molecule has 58 valence electrons. The van der Waals surface area contributed by atoms with Crippen molar-refractivity contribution < 1.29 is 13.6 Å². The lowest BCUT2D eigenvalue weighted by atomic mass is 10.2. The van der Waals surface area contributed by atoms with Gasteiger partial charge in [0.15, 0.2) is 0 Å². The number of benzene rings is 1. The van der Waals surface area contributed by atoms with Gasteiger partial charge in [0.1, 0.15) is 5.82 Å². The zero-order valence-electron chi connectivity index (χ0n) is 5.47. The van der Waals surface area contributed by atoms with Crippen LogP contribution in [0, 0.1) is 5.82 Å². The van der Waals surface area contributed by atoms with Crippen LogP contribution in [0.1, 0.15) is 10.4 Å². The monoisotopic (exact) mass is 157 g/mol. The topological polar surface area (TPSA) is 43.1 Å². The smallest absolute Gasteiger partial charge is 0.332 e. The summed E-state index contributed by atoms with van der Waals surface area (Å²) in [7, 11) is 0. The van der Waals surface area contributed by atoms with Crippen LogP contribution in [0.25, 0.3) is 0 Å². The second-order valence-electron chi connectivity index (χ2n) is 2.05. The van der Waals surface area contributed by atoms with Gasteiger partial charge in [0.25, 0.3) is 0 Å². The Balaban J connectivity index is 3.19. The number of nitrogens with two attached hydrogens (primary N) is 1. The fourth-order valence-corrected chi connectivity index (χ4v) is 0.726. The number of nitrogen functional groups attached to an aromatic ring is 1. The molecule has 2 N–H and O–H groups in total. The van der Waals surface area contributed by atoms with Crippen LogP contribution in [-0.2, 0) is 0 Å². The Morgan fingerprint density at radius 1 is 1.36 bits per heavy atom. The zero-order valence-corrected chi connectivity index (χ0v) is 5.47. The molecule has 0 atom stereocenters. The van der Waals surface area contributed by atoms with Crippen LogP contribution in [-0.4, -0.2) is 6.04 Å². The van der Waals surface area contributed by atoms with Gasteiger partial charge >= 0.3 is 6.04 Å². The van der Waals surface area contributed by atoms with Crippen molar-refractivity contribution in [3.8, 4) is 0 Å². The fourth-order valence-electron chi connectivity index (χ4n) is 0.726. The summed E-state index contributed by atoms with van der Waals surface area (Å²) < 4.78 is 24.3. The van der Waals surface area contributed by atoms with Crippen LogP contribution in [0.3, 0.4) is 0 Å². The van der Waals surface area contributed by atoms with Gasteiger partial charge in [-0.1, -0.05) is 0 Å². The number of carbonyl (C=O) groups excluding carboxylic acids is 1. The normalized spacial score (nSPS) is 9.64. The largest absolute Gasteiger partial charge is 0.399 e. The minimum atomic E-state index is -1.68. The van der Waals surface area contributed by atoms with Crippen molar-refractivity contribution in [1.29, 1.82) is 0 Å². The zero-order chi connectivity index (χ0) is 8.43. The van der Waals surface area contributed by atoms with Crippen molar-refractivity contribution in [2.24, 2.45) is 0 Å². The van der Waals surface area contributed by atoms with Gasteiger partial charge in [-0.05, 0) is 18.2 Å². The molecule has 0 aliphatic rings. The molecule has 0 radical (unpaired) electrons. The molecule has 1 aromatic rings. The van der Waals surface area contributed by atoms with Gasteiger partial charge in [0.05, 0.1) is 5.56 Å². The molecule has 0 spiro atoms. The first kappa shape index (κ1) is 7.65. The predicted octanol–water partition coefficient (Wildman–Crippen LogP) is 1.52. The lowest BCUT2D eigenvalue weighted by Crippen LogP contribution is -1.94. The highest BCUT2D eigenvalue weighted by Crippen LogP contribution is 2.11. The van der Waals surface area contributed by atoms with E-state index in [0.717, 1.165) is 18.2 Å². The van der Waals surface area contributed by atoms with E-state index in [1.54, 1.807) is 0 Å². The van der Waals surface area contributed by atoms with Crippen LogP contribution in [0.5, 0.6) is 0 Å². The third-order valence-corrected chi connectivity index (χ3v) is 1.15. The molecule has 0 unspecified atom stereocenters. The first-order valence-electron chi connectivity index (χ1n) is 2.85. The van der Waals surface area contributed by atoms with Crippen molar-refractivity contribution in [1.82, 2.24) is 0 Å². The van der Waals surface area contributed by atoms with Crippen molar-refractivity contribution in [3.05, 3.63) is 29.6 Å². The van der Waals surface area contributed by atoms with Crippen LogP contribution in [0.2, 0.25) is 0 Å². The second kappa shape index (κ2) is 2.65. The number of rotatable bonds is 1. The molecule has 0 aromatic heterocycles. The van der Waals surface area contributed by atoms with Gasteiger partial charge in [-0.15, -0.1) is 0 Å². The Bertz CT molecular complexity index is 278. The Hall–Kier alpha value is -1.45. The molecule has 0 aliphatic heterocycles. The van der Waals surface area contributed by atoms with E-state index < -0.39 is 11.9 Å². The average Bonchev–Trinajstić information content (AvgIpc) is 1.85. The molecule has 0 saturated carbocycles. The van der Waals surface area contributed by atoms with Gasteiger partial charge in [0, 0.05) is 5.69 Å². The van der Waals surface area contributed by atoms with E-state index in [0.29, 0.717) is 0 Å². The van der Waals surface area contributed by atoms with Gasteiger partial charge in [-0.25, -0.2) is 4.39 Å². The van der Waals surface area contributed by atoms with Gasteiger partial charge in [-0.2, -0.15) is 4.39 Å². The lowest BCUT2D eigenvalue weighted by molar-refractivity contribution is 0.0835. The maximum absolute atomic E-state index is 12.4. The minimum absolute atomic E-state index is 0.0333. The molecular weight excluding hydrogens is 152 g/mol. The predicted molar refractivity (Wildman–Crippen MR) is 36.3 cm³/mol.